The minimum Gasteiger partial charge on any atom is -0.504 e. The molecule has 0 unspecified atom stereocenters. The van der Waals surface area contributed by atoms with Crippen LogP contribution >= 0.6 is 0 Å². The SMILES string of the molecule is CNC(=O)c1ncn([C@@H]2O[C@H](/C=C/CNC(=O)c3cc(-c4ccc(F)cc4)cc(O)c3O)[C@@H](O)[C@H]2O)n1. The maximum absolute atomic E-state index is 13.2. The van der Waals surface area contributed by atoms with Gasteiger partial charge in [0.15, 0.2) is 17.7 Å². The maximum atomic E-state index is 13.2. The fourth-order valence-corrected chi connectivity index (χ4v) is 3.73. The first kappa shape index (κ1) is 25.8. The predicted octanol–water partition coefficient (Wildman–Crippen LogP) is 0.460. The minimum absolute atomic E-state index is 0.0443. The number of benzene rings is 2. The van der Waals surface area contributed by atoms with Crippen LogP contribution in [0.5, 0.6) is 11.5 Å². The molecule has 4 rings (SSSR count). The Morgan fingerprint density at radius 1 is 1.11 bits per heavy atom. The first-order chi connectivity index (χ1) is 17.7. The number of aliphatic hydroxyl groups excluding tert-OH is 2. The number of nitrogens with zero attached hydrogens (tertiary/aromatic N) is 3. The molecule has 0 saturated carbocycles. The van der Waals surface area contributed by atoms with Crippen molar-refractivity contribution >= 4 is 11.8 Å². The summed E-state index contributed by atoms with van der Waals surface area (Å²) in [5.74, 6) is -2.93. The van der Waals surface area contributed by atoms with E-state index in [2.05, 4.69) is 20.7 Å². The van der Waals surface area contributed by atoms with Crippen LogP contribution < -0.4 is 10.6 Å². The molecule has 3 aromatic rings. The molecule has 1 saturated heterocycles. The summed E-state index contributed by atoms with van der Waals surface area (Å²) in [6, 6.07) is 8.02. The number of phenols is 2. The fraction of sp³-hybridized carbons (Fsp3) is 0.250. The molecule has 0 spiro atoms. The highest BCUT2D eigenvalue weighted by Crippen LogP contribution is 2.35. The number of carbonyl (C=O) groups excluding carboxylic acids is 2. The molecule has 2 amide bonds. The second-order valence-corrected chi connectivity index (χ2v) is 8.14. The number of hydrogen-bond donors (Lipinski definition) is 6. The van der Waals surface area contributed by atoms with Crippen LogP contribution in [-0.2, 0) is 4.74 Å². The van der Waals surface area contributed by atoms with Crippen molar-refractivity contribution in [2.75, 3.05) is 13.6 Å². The molecule has 13 heteroatoms. The zero-order valence-corrected chi connectivity index (χ0v) is 19.4. The van der Waals surface area contributed by atoms with Gasteiger partial charge < -0.3 is 35.8 Å². The van der Waals surface area contributed by atoms with Crippen LogP contribution in [0.4, 0.5) is 4.39 Å². The van der Waals surface area contributed by atoms with Crippen molar-refractivity contribution in [2.45, 2.75) is 24.5 Å². The van der Waals surface area contributed by atoms with Crippen LogP contribution in [0, 0.1) is 5.82 Å². The Morgan fingerprint density at radius 3 is 2.54 bits per heavy atom. The molecule has 37 heavy (non-hydrogen) atoms. The number of phenolic OH excluding ortho intramolecular Hbond substituents is 2. The second-order valence-electron chi connectivity index (χ2n) is 8.14. The molecule has 2 aromatic carbocycles. The van der Waals surface area contributed by atoms with E-state index in [1.54, 1.807) is 0 Å². The highest BCUT2D eigenvalue weighted by molar-refractivity contribution is 5.99. The van der Waals surface area contributed by atoms with Crippen molar-refractivity contribution in [1.29, 1.82) is 0 Å². The lowest BCUT2D eigenvalue weighted by atomic mass is 10.0. The van der Waals surface area contributed by atoms with E-state index in [0.29, 0.717) is 11.1 Å². The number of halogens is 1. The average molecular weight is 513 g/mol. The first-order valence-electron chi connectivity index (χ1n) is 11.1. The molecule has 1 aromatic heterocycles. The summed E-state index contributed by atoms with van der Waals surface area (Å²) >= 11 is 0. The summed E-state index contributed by atoms with van der Waals surface area (Å²) in [6.07, 6.45) is -0.645. The van der Waals surface area contributed by atoms with E-state index in [1.165, 1.54) is 61.9 Å². The number of ether oxygens (including phenoxy) is 1. The molecule has 12 nitrogen and oxygen atoms in total. The molecule has 0 aliphatic carbocycles. The standard InChI is InChI=1S/C24H24FN5O7/c1-26-23(36)21-28-11-30(29-21)24-20(34)19(33)17(37-24)3-2-8-27-22(35)15-9-13(10-16(31)18(15)32)12-4-6-14(25)7-5-12/h2-7,9-11,17,19-20,24,31-34H,8H2,1H3,(H,26,36)(H,27,35)/b3-2+/t17-,19-,20-,24-/m1/s1. The van der Waals surface area contributed by atoms with Crippen molar-refractivity contribution in [3.63, 3.8) is 0 Å². The van der Waals surface area contributed by atoms with Gasteiger partial charge in [0.25, 0.3) is 11.8 Å². The minimum atomic E-state index is -1.36. The van der Waals surface area contributed by atoms with Crippen LogP contribution in [0.25, 0.3) is 11.1 Å². The van der Waals surface area contributed by atoms with Gasteiger partial charge in [-0.05, 0) is 35.4 Å². The Balaban J connectivity index is 1.39. The lowest BCUT2D eigenvalue weighted by Gasteiger charge is -2.13. The van der Waals surface area contributed by atoms with E-state index in [0.717, 1.165) is 4.68 Å². The average Bonchev–Trinajstić information content (AvgIpc) is 3.48. The van der Waals surface area contributed by atoms with Crippen LogP contribution in [0.3, 0.4) is 0 Å². The summed E-state index contributed by atoms with van der Waals surface area (Å²) in [4.78, 5) is 28.1. The van der Waals surface area contributed by atoms with Gasteiger partial charge in [-0.1, -0.05) is 24.3 Å². The van der Waals surface area contributed by atoms with Gasteiger partial charge in [-0.25, -0.2) is 14.1 Å². The third-order valence-electron chi connectivity index (χ3n) is 5.69. The van der Waals surface area contributed by atoms with Crippen molar-refractivity contribution in [2.24, 2.45) is 0 Å². The van der Waals surface area contributed by atoms with Crippen molar-refractivity contribution in [3.8, 4) is 22.6 Å². The highest BCUT2D eigenvalue weighted by atomic mass is 19.1. The second kappa shape index (κ2) is 10.7. The van der Waals surface area contributed by atoms with Gasteiger partial charge in [-0.3, -0.25) is 9.59 Å². The first-order valence-corrected chi connectivity index (χ1v) is 11.1. The monoisotopic (exact) mass is 513 g/mol. The number of hydrogen-bond acceptors (Lipinski definition) is 9. The summed E-state index contributed by atoms with van der Waals surface area (Å²) in [5, 5.41) is 49.7. The normalized spacial score (nSPS) is 21.3. The molecule has 2 heterocycles. The molecule has 4 atom stereocenters. The van der Waals surface area contributed by atoms with Gasteiger partial charge in [0, 0.05) is 13.6 Å². The molecule has 0 bridgehead atoms. The van der Waals surface area contributed by atoms with Gasteiger partial charge in [0.1, 0.15) is 30.5 Å². The summed E-state index contributed by atoms with van der Waals surface area (Å²) in [7, 11) is 1.42. The number of aliphatic hydroxyl groups is 2. The lowest BCUT2D eigenvalue weighted by molar-refractivity contribution is -0.0347. The highest BCUT2D eigenvalue weighted by Gasteiger charge is 2.43. The summed E-state index contributed by atoms with van der Waals surface area (Å²) in [5.41, 5.74) is 0.727. The van der Waals surface area contributed by atoms with Gasteiger partial charge in [-0.15, -0.1) is 5.10 Å². The maximum Gasteiger partial charge on any atom is 0.290 e. The Morgan fingerprint density at radius 2 is 1.84 bits per heavy atom. The van der Waals surface area contributed by atoms with Crippen molar-refractivity contribution < 1.29 is 39.1 Å². The zero-order chi connectivity index (χ0) is 26.7. The smallest absolute Gasteiger partial charge is 0.290 e. The number of nitrogens with one attached hydrogen (secondary N) is 2. The Labute approximate surface area is 209 Å². The quantitative estimate of drug-likeness (QED) is 0.193. The lowest BCUT2D eigenvalue weighted by Crippen LogP contribution is -2.31. The van der Waals surface area contributed by atoms with Crippen LogP contribution in [-0.4, -0.2) is 78.9 Å². The zero-order valence-electron chi connectivity index (χ0n) is 19.4. The molecule has 1 aliphatic heterocycles. The number of aromatic hydroxyl groups is 2. The number of aromatic nitrogens is 3. The number of amides is 2. The van der Waals surface area contributed by atoms with Gasteiger partial charge in [-0.2, -0.15) is 0 Å². The molecule has 0 radical (unpaired) electrons. The molecular weight excluding hydrogens is 489 g/mol. The molecule has 194 valence electrons. The van der Waals surface area contributed by atoms with Crippen molar-refractivity contribution in [1.82, 2.24) is 25.4 Å². The molecule has 1 aliphatic rings. The Kier molecular flexibility index (Phi) is 7.47. The van der Waals surface area contributed by atoms with E-state index in [4.69, 9.17) is 4.74 Å². The molecule has 6 N–H and O–H groups in total. The van der Waals surface area contributed by atoms with Crippen molar-refractivity contribution in [3.05, 3.63) is 72.1 Å². The van der Waals surface area contributed by atoms with E-state index in [9.17, 15) is 34.4 Å². The van der Waals surface area contributed by atoms with Gasteiger partial charge in [0.2, 0.25) is 5.82 Å². The largest absolute Gasteiger partial charge is 0.504 e. The van der Waals surface area contributed by atoms with E-state index in [1.807, 2.05) is 0 Å². The summed E-state index contributed by atoms with van der Waals surface area (Å²) in [6.45, 7) is -0.0443. The Bertz CT molecular complexity index is 1330. The van der Waals surface area contributed by atoms with Gasteiger partial charge >= 0.3 is 0 Å². The van der Waals surface area contributed by atoms with Crippen LogP contribution in [0.2, 0.25) is 0 Å². The number of rotatable bonds is 7. The third kappa shape index (κ3) is 5.43. The predicted molar refractivity (Wildman–Crippen MR) is 126 cm³/mol. The van der Waals surface area contributed by atoms with Crippen LogP contribution in [0.1, 0.15) is 27.2 Å². The molecule has 1 fully saturated rings. The molecular formula is C24H24FN5O7. The summed E-state index contributed by atoms with van der Waals surface area (Å²) < 4.78 is 20.0. The van der Waals surface area contributed by atoms with E-state index >= 15 is 0 Å². The van der Waals surface area contributed by atoms with Crippen LogP contribution in [0.15, 0.2) is 54.9 Å². The number of carbonyl (C=O) groups is 2. The Hall–Kier alpha value is -4.33. The van der Waals surface area contributed by atoms with E-state index < -0.39 is 53.7 Å². The van der Waals surface area contributed by atoms with Gasteiger partial charge in [0.05, 0.1) is 5.56 Å². The fourth-order valence-electron chi connectivity index (χ4n) is 3.73. The topological polar surface area (TPSA) is 179 Å². The third-order valence-corrected chi connectivity index (χ3v) is 5.69. The van der Waals surface area contributed by atoms with E-state index in [-0.39, 0.29) is 17.9 Å².